The van der Waals surface area contributed by atoms with Crippen molar-refractivity contribution in [2.45, 2.75) is 6.61 Å². The molecule has 0 aliphatic carbocycles. The van der Waals surface area contributed by atoms with E-state index >= 15 is 0 Å². The van der Waals surface area contributed by atoms with E-state index in [1.165, 1.54) is 36.0 Å². The molecular formula is C10H8F2N2O3. The number of alkyl halides is 2. The molecule has 90 valence electrons. The van der Waals surface area contributed by atoms with Gasteiger partial charge < -0.3 is 9.47 Å². The number of imidazole rings is 1. The minimum absolute atomic E-state index is 0.0190. The quantitative estimate of drug-likeness (QED) is 0.769. The van der Waals surface area contributed by atoms with Crippen molar-refractivity contribution in [3.05, 3.63) is 30.2 Å². The largest absolute Gasteiger partial charge is 0.464 e. The van der Waals surface area contributed by atoms with Crippen LogP contribution < -0.4 is 4.74 Å². The van der Waals surface area contributed by atoms with Crippen LogP contribution in [0.3, 0.4) is 0 Å². The van der Waals surface area contributed by atoms with Gasteiger partial charge in [0.2, 0.25) is 0 Å². The Bertz CT molecular complexity index is 553. The molecule has 0 spiro atoms. The van der Waals surface area contributed by atoms with Gasteiger partial charge in [0.1, 0.15) is 11.4 Å². The molecule has 0 unspecified atom stereocenters. The summed E-state index contributed by atoms with van der Waals surface area (Å²) in [6, 6.07) is 2.62. The molecule has 5 nitrogen and oxygen atoms in total. The summed E-state index contributed by atoms with van der Waals surface area (Å²) in [6.07, 6.45) is 2.71. The van der Waals surface area contributed by atoms with Crippen LogP contribution in [-0.2, 0) is 4.74 Å². The average molecular weight is 242 g/mol. The van der Waals surface area contributed by atoms with Gasteiger partial charge in [0, 0.05) is 12.3 Å². The molecule has 0 amide bonds. The van der Waals surface area contributed by atoms with E-state index in [-0.39, 0.29) is 11.4 Å². The van der Waals surface area contributed by atoms with Crippen molar-refractivity contribution in [1.29, 1.82) is 0 Å². The number of hydrogen-bond acceptors (Lipinski definition) is 4. The molecule has 2 aromatic heterocycles. The maximum atomic E-state index is 12.0. The smallest absolute Gasteiger partial charge is 0.387 e. The Kier molecular flexibility index (Phi) is 2.90. The predicted molar refractivity (Wildman–Crippen MR) is 53.2 cm³/mol. The first-order valence-corrected chi connectivity index (χ1v) is 4.62. The Morgan fingerprint density at radius 2 is 2.29 bits per heavy atom. The number of nitrogens with zero attached hydrogens (tertiary/aromatic N) is 2. The third-order valence-corrected chi connectivity index (χ3v) is 2.10. The fraction of sp³-hybridized carbons (Fsp3) is 0.200. The molecule has 7 heteroatoms. The van der Waals surface area contributed by atoms with Crippen LogP contribution in [0, 0.1) is 0 Å². The van der Waals surface area contributed by atoms with E-state index in [9.17, 15) is 13.6 Å². The van der Waals surface area contributed by atoms with Crippen molar-refractivity contribution >= 4 is 11.6 Å². The maximum absolute atomic E-state index is 12.0. The number of halogens is 2. The molecule has 0 radical (unpaired) electrons. The number of ether oxygens (including phenoxy) is 2. The zero-order chi connectivity index (χ0) is 12.4. The van der Waals surface area contributed by atoms with Gasteiger partial charge in [-0.25, -0.2) is 9.78 Å². The molecule has 0 fully saturated rings. The SMILES string of the molecule is COC(=O)c1cnc2cc(OC(F)F)ccn12. The van der Waals surface area contributed by atoms with Crippen LogP contribution in [0.2, 0.25) is 0 Å². The minimum atomic E-state index is -2.90. The van der Waals surface area contributed by atoms with Gasteiger partial charge in [0.15, 0.2) is 5.69 Å². The normalized spacial score (nSPS) is 10.8. The second-order valence-electron chi connectivity index (χ2n) is 3.10. The van der Waals surface area contributed by atoms with E-state index in [1.54, 1.807) is 0 Å². The first-order valence-electron chi connectivity index (χ1n) is 4.62. The van der Waals surface area contributed by atoms with E-state index in [4.69, 9.17) is 0 Å². The molecule has 2 aromatic rings. The second-order valence-corrected chi connectivity index (χ2v) is 3.10. The zero-order valence-corrected chi connectivity index (χ0v) is 8.76. The van der Waals surface area contributed by atoms with Gasteiger partial charge in [-0.1, -0.05) is 0 Å². The van der Waals surface area contributed by atoms with Crippen LogP contribution in [0.5, 0.6) is 5.75 Å². The molecule has 2 heterocycles. The molecule has 17 heavy (non-hydrogen) atoms. The molecule has 0 aliphatic rings. The number of rotatable bonds is 3. The van der Waals surface area contributed by atoms with Gasteiger partial charge in [0.25, 0.3) is 0 Å². The highest BCUT2D eigenvalue weighted by molar-refractivity contribution is 5.88. The van der Waals surface area contributed by atoms with E-state index in [0.717, 1.165) is 0 Å². The monoisotopic (exact) mass is 242 g/mol. The summed E-state index contributed by atoms with van der Waals surface area (Å²) in [5.41, 5.74) is 0.537. The number of carbonyl (C=O) groups is 1. The topological polar surface area (TPSA) is 52.8 Å². The lowest BCUT2D eigenvalue weighted by Gasteiger charge is -2.04. The van der Waals surface area contributed by atoms with Crippen molar-refractivity contribution in [3.63, 3.8) is 0 Å². The van der Waals surface area contributed by atoms with Crippen LogP contribution in [0.4, 0.5) is 8.78 Å². The van der Waals surface area contributed by atoms with Gasteiger partial charge in [-0.2, -0.15) is 8.78 Å². The summed E-state index contributed by atoms with van der Waals surface area (Å²) in [6.45, 7) is -2.90. The predicted octanol–water partition coefficient (Wildman–Crippen LogP) is 1.72. The summed E-state index contributed by atoms with van der Waals surface area (Å²) in [4.78, 5) is 15.2. The first kappa shape index (κ1) is 11.3. The van der Waals surface area contributed by atoms with Crippen molar-refractivity contribution in [3.8, 4) is 5.75 Å². The average Bonchev–Trinajstić information content (AvgIpc) is 2.70. The van der Waals surface area contributed by atoms with Gasteiger partial charge in [-0.3, -0.25) is 4.40 Å². The lowest BCUT2D eigenvalue weighted by molar-refractivity contribution is -0.0498. The third kappa shape index (κ3) is 2.17. The number of aromatic nitrogens is 2. The summed E-state index contributed by atoms with van der Waals surface area (Å²) in [7, 11) is 1.25. The highest BCUT2D eigenvalue weighted by Gasteiger charge is 2.13. The van der Waals surface area contributed by atoms with E-state index in [1.807, 2.05) is 0 Å². The Labute approximate surface area is 94.6 Å². The number of fused-ring (bicyclic) bond motifs is 1. The third-order valence-electron chi connectivity index (χ3n) is 2.10. The molecule has 0 bridgehead atoms. The van der Waals surface area contributed by atoms with Crippen molar-refractivity contribution in [2.24, 2.45) is 0 Å². The molecule has 0 N–H and O–H groups in total. The highest BCUT2D eigenvalue weighted by atomic mass is 19.3. The lowest BCUT2D eigenvalue weighted by Crippen LogP contribution is -2.06. The van der Waals surface area contributed by atoms with Crippen LogP contribution in [-0.4, -0.2) is 29.1 Å². The van der Waals surface area contributed by atoms with E-state index in [2.05, 4.69) is 14.5 Å². The Morgan fingerprint density at radius 1 is 1.53 bits per heavy atom. The number of pyridine rings is 1. The number of esters is 1. The maximum Gasteiger partial charge on any atom is 0.387 e. The van der Waals surface area contributed by atoms with Crippen LogP contribution in [0.25, 0.3) is 5.65 Å². The summed E-state index contributed by atoms with van der Waals surface area (Å²) in [5.74, 6) is -0.574. The Balaban J connectivity index is 2.41. The molecule has 2 rings (SSSR count). The van der Waals surface area contributed by atoms with E-state index < -0.39 is 12.6 Å². The number of carbonyl (C=O) groups excluding carboxylic acids is 1. The van der Waals surface area contributed by atoms with Crippen molar-refractivity contribution < 1.29 is 23.0 Å². The fourth-order valence-electron chi connectivity index (χ4n) is 1.39. The standard InChI is InChI=1S/C10H8F2N2O3/c1-16-9(15)7-5-13-8-4-6(17-10(11)12)2-3-14(7)8/h2-5,10H,1H3. The molecule has 0 saturated heterocycles. The number of hydrogen-bond donors (Lipinski definition) is 0. The van der Waals surface area contributed by atoms with Gasteiger partial charge in [-0.15, -0.1) is 0 Å². The minimum Gasteiger partial charge on any atom is -0.464 e. The van der Waals surface area contributed by atoms with E-state index in [0.29, 0.717) is 5.65 Å². The Morgan fingerprint density at radius 3 is 2.94 bits per heavy atom. The molecule has 0 saturated carbocycles. The van der Waals surface area contributed by atoms with Crippen molar-refractivity contribution in [1.82, 2.24) is 9.38 Å². The van der Waals surface area contributed by atoms with Crippen LogP contribution >= 0.6 is 0 Å². The molecule has 0 aromatic carbocycles. The molecule has 0 aliphatic heterocycles. The van der Waals surface area contributed by atoms with Gasteiger partial charge in [0.05, 0.1) is 13.3 Å². The van der Waals surface area contributed by atoms with Crippen molar-refractivity contribution in [2.75, 3.05) is 7.11 Å². The molecular weight excluding hydrogens is 234 g/mol. The highest BCUT2D eigenvalue weighted by Crippen LogP contribution is 2.17. The summed E-state index contributed by atoms with van der Waals surface area (Å²) in [5, 5.41) is 0. The van der Waals surface area contributed by atoms with Gasteiger partial charge >= 0.3 is 12.6 Å². The van der Waals surface area contributed by atoms with Crippen LogP contribution in [0.1, 0.15) is 10.5 Å². The van der Waals surface area contributed by atoms with Gasteiger partial charge in [-0.05, 0) is 6.07 Å². The second kappa shape index (κ2) is 4.36. The lowest BCUT2D eigenvalue weighted by atomic mass is 10.4. The molecule has 0 atom stereocenters. The summed E-state index contributed by atoms with van der Waals surface area (Å²) >= 11 is 0. The zero-order valence-electron chi connectivity index (χ0n) is 8.76. The van der Waals surface area contributed by atoms with Crippen LogP contribution in [0.15, 0.2) is 24.5 Å². The number of methoxy groups -OCH3 is 1. The fourth-order valence-corrected chi connectivity index (χ4v) is 1.39. The first-order chi connectivity index (χ1) is 8.11. The summed E-state index contributed by atoms with van der Waals surface area (Å²) < 4.78 is 34.2. The Hall–Kier alpha value is -2.18.